The highest BCUT2D eigenvalue weighted by Gasteiger charge is 2.34. The van der Waals surface area contributed by atoms with Crippen LogP contribution in [0.5, 0.6) is 5.75 Å². The fourth-order valence-corrected chi connectivity index (χ4v) is 5.24. The summed E-state index contributed by atoms with van der Waals surface area (Å²) in [6.45, 7) is 7.01. The molecule has 120 valence electrons. The summed E-state index contributed by atoms with van der Waals surface area (Å²) in [5.41, 5.74) is 3.91. The van der Waals surface area contributed by atoms with Crippen molar-refractivity contribution in [3.63, 3.8) is 0 Å². The van der Waals surface area contributed by atoms with Crippen molar-refractivity contribution < 1.29 is 9.53 Å². The SMILES string of the molecule is COc1ccc2cc([Si](C)(C)C)c3c(c2c1)C(=O)c1ccccc1-3. The predicted octanol–water partition coefficient (Wildman–Crippen LogP) is 4.61. The van der Waals surface area contributed by atoms with Gasteiger partial charge in [-0.3, -0.25) is 4.79 Å². The van der Waals surface area contributed by atoms with Crippen LogP contribution in [0.4, 0.5) is 0 Å². The van der Waals surface area contributed by atoms with Crippen LogP contribution in [0.25, 0.3) is 21.9 Å². The van der Waals surface area contributed by atoms with Gasteiger partial charge in [-0.1, -0.05) is 61.2 Å². The van der Waals surface area contributed by atoms with E-state index in [4.69, 9.17) is 4.74 Å². The van der Waals surface area contributed by atoms with Crippen LogP contribution >= 0.6 is 0 Å². The van der Waals surface area contributed by atoms with Crippen LogP contribution in [0, 0.1) is 0 Å². The molecule has 1 aliphatic rings. The fourth-order valence-electron chi connectivity index (χ4n) is 3.64. The van der Waals surface area contributed by atoms with Crippen LogP contribution in [0.3, 0.4) is 0 Å². The lowest BCUT2D eigenvalue weighted by Crippen LogP contribution is -2.39. The van der Waals surface area contributed by atoms with Crippen molar-refractivity contribution in [2.75, 3.05) is 7.11 Å². The largest absolute Gasteiger partial charge is 0.497 e. The molecule has 3 aromatic carbocycles. The number of hydrogen-bond acceptors (Lipinski definition) is 2. The first kappa shape index (κ1) is 15.2. The number of benzene rings is 3. The summed E-state index contributed by atoms with van der Waals surface area (Å²) in [5.74, 6) is 0.924. The van der Waals surface area contributed by atoms with Crippen LogP contribution in [-0.2, 0) is 0 Å². The van der Waals surface area contributed by atoms with Crippen LogP contribution in [-0.4, -0.2) is 21.0 Å². The first-order valence-corrected chi connectivity index (χ1v) is 11.7. The summed E-state index contributed by atoms with van der Waals surface area (Å²) in [7, 11) is 0.0502. The second kappa shape index (κ2) is 5.05. The second-order valence-corrected chi connectivity index (χ2v) is 12.4. The first-order chi connectivity index (χ1) is 11.4. The molecular formula is C21H20O2Si. The number of carbonyl (C=O) groups is 1. The maximum atomic E-state index is 13.2. The summed E-state index contributed by atoms with van der Waals surface area (Å²) in [6, 6.07) is 16.3. The lowest BCUT2D eigenvalue weighted by molar-refractivity contribution is 0.104. The summed E-state index contributed by atoms with van der Waals surface area (Å²) in [5, 5.41) is 3.47. The minimum absolute atomic E-state index is 0.138. The number of methoxy groups -OCH3 is 1. The Bertz CT molecular complexity index is 997. The molecule has 3 aromatic rings. The summed E-state index contributed by atoms with van der Waals surface area (Å²) in [4.78, 5) is 13.2. The molecule has 0 aliphatic heterocycles. The zero-order chi connectivity index (χ0) is 17.1. The average Bonchev–Trinajstić information content (AvgIpc) is 2.87. The number of carbonyl (C=O) groups excluding carboxylic acids is 1. The van der Waals surface area contributed by atoms with Crippen molar-refractivity contribution in [1.29, 1.82) is 0 Å². The number of fused-ring (bicyclic) bond motifs is 5. The Hall–Kier alpha value is -2.39. The van der Waals surface area contributed by atoms with Gasteiger partial charge in [-0.25, -0.2) is 0 Å². The van der Waals surface area contributed by atoms with E-state index in [1.54, 1.807) is 7.11 Å². The van der Waals surface area contributed by atoms with Gasteiger partial charge < -0.3 is 4.74 Å². The number of hydrogen-bond donors (Lipinski definition) is 0. The summed E-state index contributed by atoms with van der Waals surface area (Å²) >= 11 is 0. The van der Waals surface area contributed by atoms with Crippen molar-refractivity contribution in [2.24, 2.45) is 0 Å². The Morgan fingerprint density at radius 2 is 1.58 bits per heavy atom. The van der Waals surface area contributed by atoms with Crippen LogP contribution < -0.4 is 9.92 Å². The maximum Gasteiger partial charge on any atom is 0.194 e. The molecule has 3 heteroatoms. The molecule has 0 spiro atoms. The standard InChI is InChI=1S/C21H20O2Si/c1-23-14-10-9-13-11-18(24(2,3)4)19-15-7-5-6-8-16(15)21(22)20(19)17(13)12-14/h5-12H,1-4H3. The van der Waals surface area contributed by atoms with Gasteiger partial charge in [-0.15, -0.1) is 0 Å². The lowest BCUT2D eigenvalue weighted by Gasteiger charge is -2.22. The first-order valence-electron chi connectivity index (χ1n) is 8.21. The average molecular weight is 332 g/mol. The van der Waals surface area contributed by atoms with Crippen LogP contribution in [0.1, 0.15) is 15.9 Å². The molecule has 0 heterocycles. The molecule has 0 saturated heterocycles. The third kappa shape index (κ3) is 2.05. The van der Waals surface area contributed by atoms with Gasteiger partial charge >= 0.3 is 0 Å². The molecule has 4 rings (SSSR count). The summed E-state index contributed by atoms with van der Waals surface area (Å²) in [6.07, 6.45) is 0. The van der Waals surface area contributed by atoms with Crippen LogP contribution in [0.15, 0.2) is 48.5 Å². The van der Waals surface area contributed by atoms with E-state index in [0.29, 0.717) is 0 Å². The van der Waals surface area contributed by atoms with Crippen molar-refractivity contribution >= 4 is 29.8 Å². The Morgan fingerprint density at radius 3 is 2.25 bits per heavy atom. The van der Waals surface area contributed by atoms with Gasteiger partial charge in [0.2, 0.25) is 0 Å². The van der Waals surface area contributed by atoms with Crippen molar-refractivity contribution in [3.05, 3.63) is 59.7 Å². The Morgan fingerprint density at radius 1 is 0.875 bits per heavy atom. The third-order valence-electron chi connectivity index (χ3n) is 4.83. The van der Waals surface area contributed by atoms with Crippen molar-refractivity contribution in [1.82, 2.24) is 0 Å². The van der Waals surface area contributed by atoms with E-state index in [1.807, 2.05) is 30.3 Å². The van der Waals surface area contributed by atoms with Gasteiger partial charge in [0.1, 0.15) is 5.75 Å². The predicted molar refractivity (Wildman–Crippen MR) is 102 cm³/mol. The topological polar surface area (TPSA) is 26.3 Å². The molecule has 0 bridgehead atoms. The zero-order valence-electron chi connectivity index (χ0n) is 14.4. The van der Waals surface area contributed by atoms with Gasteiger partial charge in [0.15, 0.2) is 5.78 Å². The van der Waals surface area contributed by atoms with E-state index in [1.165, 1.54) is 5.19 Å². The molecule has 1 aliphatic carbocycles. The van der Waals surface area contributed by atoms with E-state index in [2.05, 4.69) is 37.8 Å². The second-order valence-electron chi connectivity index (χ2n) is 7.39. The van der Waals surface area contributed by atoms with Gasteiger partial charge in [0, 0.05) is 11.1 Å². The zero-order valence-corrected chi connectivity index (χ0v) is 15.4. The maximum absolute atomic E-state index is 13.2. The highest BCUT2D eigenvalue weighted by atomic mass is 28.3. The molecule has 2 nitrogen and oxygen atoms in total. The molecule has 0 unspecified atom stereocenters. The molecule has 0 aromatic heterocycles. The molecule has 24 heavy (non-hydrogen) atoms. The monoisotopic (exact) mass is 332 g/mol. The Kier molecular flexibility index (Phi) is 3.19. The molecule has 0 amide bonds. The van der Waals surface area contributed by atoms with E-state index >= 15 is 0 Å². The minimum Gasteiger partial charge on any atom is -0.497 e. The fraction of sp³-hybridized carbons (Fsp3) is 0.190. The van der Waals surface area contributed by atoms with Gasteiger partial charge in [0.05, 0.1) is 15.2 Å². The van der Waals surface area contributed by atoms with Gasteiger partial charge in [-0.2, -0.15) is 0 Å². The summed E-state index contributed by atoms with van der Waals surface area (Å²) < 4.78 is 5.39. The Labute approximate surface area is 143 Å². The Balaban J connectivity index is 2.19. The third-order valence-corrected chi connectivity index (χ3v) is 6.84. The van der Waals surface area contributed by atoms with Gasteiger partial charge in [-0.05, 0) is 34.0 Å². The van der Waals surface area contributed by atoms with E-state index < -0.39 is 8.07 Å². The molecular weight excluding hydrogens is 312 g/mol. The highest BCUT2D eigenvalue weighted by molar-refractivity contribution is 6.90. The number of ether oxygens (including phenoxy) is 1. The minimum atomic E-state index is -1.61. The highest BCUT2D eigenvalue weighted by Crippen LogP contribution is 2.41. The lowest BCUT2D eigenvalue weighted by atomic mass is 9.98. The normalized spacial score (nSPS) is 13.1. The van der Waals surface area contributed by atoms with Crippen molar-refractivity contribution in [2.45, 2.75) is 19.6 Å². The molecule has 0 fully saturated rings. The molecule has 0 saturated carbocycles. The van der Waals surface area contributed by atoms with E-state index in [0.717, 1.165) is 38.8 Å². The molecule has 0 atom stereocenters. The van der Waals surface area contributed by atoms with E-state index in [9.17, 15) is 4.79 Å². The molecule has 0 radical (unpaired) electrons. The smallest absolute Gasteiger partial charge is 0.194 e. The number of ketones is 1. The quantitative estimate of drug-likeness (QED) is 0.501. The van der Waals surface area contributed by atoms with Crippen molar-refractivity contribution in [3.8, 4) is 16.9 Å². The van der Waals surface area contributed by atoms with Gasteiger partial charge in [0.25, 0.3) is 0 Å². The van der Waals surface area contributed by atoms with Crippen LogP contribution in [0.2, 0.25) is 19.6 Å². The van der Waals surface area contributed by atoms with E-state index in [-0.39, 0.29) is 5.78 Å². The number of rotatable bonds is 2. The molecule has 0 N–H and O–H groups in total.